The van der Waals surface area contributed by atoms with E-state index < -0.39 is 6.10 Å². The lowest BCUT2D eigenvalue weighted by molar-refractivity contribution is -0.122. The number of carbonyl (C=O) groups excluding carboxylic acids is 1. The van der Waals surface area contributed by atoms with Crippen molar-refractivity contribution in [2.45, 2.75) is 39.7 Å². The van der Waals surface area contributed by atoms with E-state index in [-0.39, 0.29) is 11.7 Å². The van der Waals surface area contributed by atoms with Gasteiger partial charge >= 0.3 is 0 Å². The number of nitrogens with one attached hydrogen (secondary N) is 1. The van der Waals surface area contributed by atoms with Gasteiger partial charge in [0.1, 0.15) is 11.5 Å². The van der Waals surface area contributed by atoms with Crippen molar-refractivity contribution in [1.82, 2.24) is 10.3 Å². The number of hydrogen-bond donors (Lipinski definition) is 1. The van der Waals surface area contributed by atoms with Crippen molar-refractivity contribution in [3.05, 3.63) is 53.6 Å². The number of carbonyl (C=O) groups is 1. The van der Waals surface area contributed by atoms with Crippen LogP contribution in [0, 0.1) is 6.92 Å². The standard InChI is InChI=1S/C22H25N3O4/c1-13(2)16-6-9-18(10-7-16)28-15(4)22(26)23-21-20(24-29-25-21)17-8-11-19(27-5)14(3)12-17/h6-13,15H,1-5H3,(H,23,25,26). The molecule has 0 bridgehead atoms. The molecule has 0 radical (unpaired) electrons. The highest BCUT2D eigenvalue weighted by Crippen LogP contribution is 2.29. The highest BCUT2D eigenvalue weighted by atomic mass is 16.6. The van der Waals surface area contributed by atoms with Crippen LogP contribution in [0.5, 0.6) is 11.5 Å². The third-order valence-electron chi connectivity index (χ3n) is 4.63. The highest BCUT2D eigenvalue weighted by Gasteiger charge is 2.21. The Labute approximate surface area is 170 Å². The molecule has 0 saturated carbocycles. The summed E-state index contributed by atoms with van der Waals surface area (Å²) in [5.41, 5.74) is 3.35. The summed E-state index contributed by atoms with van der Waals surface area (Å²) < 4.78 is 15.9. The maximum atomic E-state index is 12.6. The average molecular weight is 395 g/mol. The zero-order valence-corrected chi connectivity index (χ0v) is 17.2. The molecule has 152 valence electrons. The molecule has 1 aromatic heterocycles. The predicted molar refractivity (Wildman–Crippen MR) is 110 cm³/mol. The second-order valence-corrected chi connectivity index (χ2v) is 7.12. The number of aryl methyl sites for hydroxylation is 1. The van der Waals surface area contributed by atoms with Crippen LogP contribution in [0.3, 0.4) is 0 Å². The second kappa shape index (κ2) is 8.77. The maximum absolute atomic E-state index is 12.6. The van der Waals surface area contributed by atoms with Crippen LogP contribution in [0.25, 0.3) is 11.3 Å². The number of aromatic nitrogens is 2. The number of methoxy groups -OCH3 is 1. The van der Waals surface area contributed by atoms with Crippen molar-refractivity contribution in [2.75, 3.05) is 12.4 Å². The molecule has 1 N–H and O–H groups in total. The number of anilines is 1. The lowest BCUT2D eigenvalue weighted by Crippen LogP contribution is -2.30. The van der Waals surface area contributed by atoms with Crippen LogP contribution in [0.1, 0.15) is 37.8 Å². The smallest absolute Gasteiger partial charge is 0.266 e. The molecular weight excluding hydrogens is 370 g/mol. The molecule has 0 fully saturated rings. The maximum Gasteiger partial charge on any atom is 0.266 e. The summed E-state index contributed by atoms with van der Waals surface area (Å²) in [6.45, 7) is 7.85. The minimum atomic E-state index is -0.720. The zero-order chi connectivity index (χ0) is 21.0. The van der Waals surface area contributed by atoms with Crippen molar-refractivity contribution in [3.63, 3.8) is 0 Å². The third kappa shape index (κ3) is 4.74. The Kier molecular flexibility index (Phi) is 6.16. The van der Waals surface area contributed by atoms with E-state index in [0.717, 1.165) is 16.9 Å². The van der Waals surface area contributed by atoms with Gasteiger partial charge in [0, 0.05) is 5.56 Å². The van der Waals surface area contributed by atoms with Crippen LogP contribution in [0.4, 0.5) is 5.82 Å². The SMILES string of the molecule is COc1ccc(-c2nonc2NC(=O)C(C)Oc2ccc(C(C)C)cc2)cc1C. The van der Waals surface area contributed by atoms with Crippen molar-refractivity contribution < 1.29 is 18.9 Å². The first kappa shape index (κ1) is 20.4. The van der Waals surface area contributed by atoms with Gasteiger partial charge in [0.25, 0.3) is 5.91 Å². The lowest BCUT2D eigenvalue weighted by atomic mass is 10.0. The zero-order valence-electron chi connectivity index (χ0n) is 17.2. The van der Waals surface area contributed by atoms with Crippen LogP contribution in [0.2, 0.25) is 0 Å². The summed E-state index contributed by atoms with van der Waals surface area (Å²) in [7, 11) is 1.61. The fraction of sp³-hybridized carbons (Fsp3) is 0.318. The van der Waals surface area contributed by atoms with Gasteiger partial charge in [0.2, 0.25) is 5.82 Å². The molecule has 1 heterocycles. The highest BCUT2D eigenvalue weighted by molar-refractivity contribution is 5.96. The van der Waals surface area contributed by atoms with Gasteiger partial charge < -0.3 is 14.8 Å². The van der Waals surface area contributed by atoms with Crippen molar-refractivity contribution in [1.29, 1.82) is 0 Å². The van der Waals surface area contributed by atoms with E-state index >= 15 is 0 Å². The molecule has 2 aromatic carbocycles. The Morgan fingerprint density at radius 3 is 2.41 bits per heavy atom. The summed E-state index contributed by atoms with van der Waals surface area (Å²) in [6, 6.07) is 13.3. The van der Waals surface area contributed by atoms with Crippen LogP contribution in [0.15, 0.2) is 47.1 Å². The third-order valence-corrected chi connectivity index (χ3v) is 4.63. The number of ether oxygens (including phenoxy) is 2. The first-order valence-corrected chi connectivity index (χ1v) is 9.44. The van der Waals surface area contributed by atoms with Gasteiger partial charge in [-0.1, -0.05) is 26.0 Å². The molecule has 0 aliphatic carbocycles. The van der Waals surface area contributed by atoms with Crippen LogP contribution in [-0.4, -0.2) is 29.4 Å². The number of rotatable bonds is 7. The molecule has 0 spiro atoms. The van der Waals surface area contributed by atoms with E-state index in [0.29, 0.717) is 17.4 Å². The average Bonchev–Trinajstić information content (AvgIpc) is 3.16. The number of hydrogen-bond acceptors (Lipinski definition) is 6. The van der Waals surface area contributed by atoms with Gasteiger partial charge in [0.05, 0.1) is 7.11 Å². The van der Waals surface area contributed by atoms with Crippen LogP contribution >= 0.6 is 0 Å². The fourth-order valence-electron chi connectivity index (χ4n) is 2.89. The molecule has 7 heteroatoms. The second-order valence-electron chi connectivity index (χ2n) is 7.12. The summed E-state index contributed by atoms with van der Waals surface area (Å²) in [4.78, 5) is 12.6. The predicted octanol–water partition coefficient (Wildman–Crippen LogP) is 4.58. The summed E-state index contributed by atoms with van der Waals surface area (Å²) in [5, 5.41) is 10.5. The molecule has 7 nitrogen and oxygen atoms in total. The molecule has 0 aliphatic heterocycles. The van der Waals surface area contributed by atoms with Gasteiger partial charge in [0.15, 0.2) is 11.8 Å². The van der Waals surface area contributed by atoms with E-state index in [4.69, 9.17) is 14.1 Å². The Hall–Kier alpha value is -3.35. The molecule has 3 rings (SSSR count). The van der Waals surface area contributed by atoms with Crippen molar-refractivity contribution in [2.24, 2.45) is 0 Å². The minimum absolute atomic E-state index is 0.241. The van der Waals surface area contributed by atoms with Crippen LogP contribution in [-0.2, 0) is 4.79 Å². The van der Waals surface area contributed by atoms with Gasteiger partial charge in [-0.15, -0.1) is 0 Å². The van der Waals surface area contributed by atoms with Gasteiger partial charge in [-0.3, -0.25) is 4.79 Å². The van der Waals surface area contributed by atoms with E-state index in [2.05, 4.69) is 29.5 Å². The normalized spacial score (nSPS) is 11.9. The largest absolute Gasteiger partial charge is 0.496 e. The first-order chi connectivity index (χ1) is 13.9. The van der Waals surface area contributed by atoms with Gasteiger partial charge in [-0.05, 0) is 71.5 Å². The summed E-state index contributed by atoms with van der Waals surface area (Å²) in [5.74, 6) is 1.72. The molecule has 0 aliphatic rings. The first-order valence-electron chi connectivity index (χ1n) is 9.44. The molecule has 1 amide bonds. The Balaban J connectivity index is 1.69. The van der Waals surface area contributed by atoms with E-state index in [9.17, 15) is 4.79 Å². The lowest BCUT2D eigenvalue weighted by Gasteiger charge is -2.15. The molecule has 29 heavy (non-hydrogen) atoms. The molecular formula is C22H25N3O4. The number of nitrogens with zero attached hydrogens (tertiary/aromatic N) is 2. The minimum Gasteiger partial charge on any atom is -0.496 e. The van der Waals surface area contributed by atoms with Crippen molar-refractivity contribution >= 4 is 11.7 Å². The molecule has 3 aromatic rings. The quantitative estimate of drug-likeness (QED) is 0.630. The Morgan fingerprint density at radius 1 is 1.07 bits per heavy atom. The van der Waals surface area contributed by atoms with Gasteiger partial charge in [-0.25, -0.2) is 4.63 Å². The summed E-state index contributed by atoms with van der Waals surface area (Å²) >= 11 is 0. The van der Waals surface area contributed by atoms with E-state index in [1.165, 1.54) is 5.56 Å². The molecule has 0 saturated heterocycles. The Morgan fingerprint density at radius 2 is 1.79 bits per heavy atom. The fourth-order valence-corrected chi connectivity index (χ4v) is 2.89. The number of amides is 1. The Bertz CT molecular complexity index is 980. The van der Waals surface area contributed by atoms with E-state index in [1.54, 1.807) is 14.0 Å². The number of benzene rings is 2. The van der Waals surface area contributed by atoms with Crippen LogP contribution < -0.4 is 14.8 Å². The molecule has 1 atom stereocenters. The topological polar surface area (TPSA) is 86.5 Å². The van der Waals surface area contributed by atoms with Gasteiger partial charge in [-0.2, -0.15) is 0 Å². The van der Waals surface area contributed by atoms with Crippen molar-refractivity contribution in [3.8, 4) is 22.8 Å². The monoisotopic (exact) mass is 395 g/mol. The molecule has 1 unspecified atom stereocenters. The van der Waals surface area contributed by atoms with E-state index in [1.807, 2.05) is 49.4 Å². The summed E-state index contributed by atoms with van der Waals surface area (Å²) in [6.07, 6.45) is -0.720.